The van der Waals surface area contributed by atoms with Gasteiger partial charge in [-0.2, -0.15) is 0 Å². The first-order valence-electron chi connectivity index (χ1n) is 8.11. The van der Waals surface area contributed by atoms with Crippen molar-refractivity contribution in [3.05, 3.63) is 59.4 Å². The summed E-state index contributed by atoms with van der Waals surface area (Å²) in [6.45, 7) is 2.00. The maximum Gasteiger partial charge on any atom is 0.220 e. The van der Waals surface area contributed by atoms with Crippen LogP contribution in [0.25, 0.3) is 0 Å². The van der Waals surface area contributed by atoms with E-state index in [1.807, 2.05) is 6.92 Å². The van der Waals surface area contributed by atoms with E-state index in [0.717, 1.165) is 12.8 Å². The van der Waals surface area contributed by atoms with Gasteiger partial charge in [-0.3, -0.25) is 9.78 Å². The lowest BCUT2D eigenvalue weighted by atomic mass is 10.2. The fourth-order valence-electron chi connectivity index (χ4n) is 2.39. The molecule has 1 aromatic carbocycles. The molecule has 134 valence electrons. The van der Waals surface area contributed by atoms with Crippen LogP contribution in [0, 0.1) is 0 Å². The van der Waals surface area contributed by atoms with Crippen molar-refractivity contribution in [2.45, 2.75) is 36.3 Å². The van der Waals surface area contributed by atoms with Crippen LogP contribution < -0.4 is 5.32 Å². The summed E-state index contributed by atoms with van der Waals surface area (Å²) >= 11 is 5.85. The van der Waals surface area contributed by atoms with Crippen molar-refractivity contribution in [2.75, 3.05) is 6.54 Å². The van der Waals surface area contributed by atoms with Gasteiger partial charge in [0.25, 0.3) is 0 Å². The number of aromatic nitrogens is 1. The third kappa shape index (κ3) is 5.28. The van der Waals surface area contributed by atoms with Gasteiger partial charge in [-0.25, -0.2) is 8.42 Å². The summed E-state index contributed by atoms with van der Waals surface area (Å²) in [4.78, 5) is 16.1. The van der Waals surface area contributed by atoms with Crippen LogP contribution in [-0.2, 0) is 14.6 Å². The Hall–Kier alpha value is -1.92. The fourth-order valence-corrected chi connectivity index (χ4v) is 4.16. The zero-order chi connectivity index (χ0) is 18.3. The molecule has 0 aliphatic heterocycles. The molecular formula is C18H21ClN2O3S. The molecule has 7 heteroatoms. The van der Waals surface area contributed by atoms with Gasteiger partial charge >= 0.3 is 0 Å². The van der Waals surface area contributed by atoms with Gasteiger partial charge in [0.15, 0.2) is 9.84 Å². The normalized spacial score (nSPS) is 12.6. The number of halogens is 1. The van der Waals surface area contributed by atoms with Crippen molar-refractivity contribution in [1.29, 1.82) is 0 Å². The highest BCUT2D eigenvalue weighted by Gasteiger charge is 2.29. The van der Waals surface area contributed by atoms with Crippen LogP contribution in [0.2, 0.25) is 5.02 Å². The summed E-state index contributed by atoms with van der Waals surface area (Å²) < 4.78 is 26.1. The Labute approximate surface area is 153 Å². The molecule has 1 amide bonds. The minimum absolute atomic E-state index is 0.000793. The van der Waals surface area contributed by atoms with Gasteiger partial charge in [0.2, 0.25) is 5.91 Å². The molecular weight excluding hydrogens is 360 g/mol. The Morgan fingerprint density at radius 3 is 2.56 bits per heavy atom. The van der Waals surface area contributed by atoms with Gasteiger partial charge in [0.1, 0.15) is 5.25 Å². The highest BCUT2D eigenvalue weighted by molar-refractivity contribution is 7.91. The first kappa shape index (κ1) is 19.4. The molecule has 1 heterocycles. The molecule has 1 N–H and O–H groups in total. The number of pyridine rings is 1. The Bertz CT molecular complexity index is 793. The summed E-state index contributed by atoms with van der Waals surface area (Å²) in [5, 5.41) is 2.28. The Balaban J connectivity index is 2.28. The molecule has 2 rings (SSSR count). The van der Waals surface area contributed by atoms with Crippen molar-refractivity contribution in [2.24, 2.45) is 0 Å². The van der Waals surface area contributed by atoms with Crippen LogP contribution >= 0.6 is 11.6 Å². The highest BCUT2D eigenvalue weighted by Crippen LogP contribution is 2.28. The van der Waals surface area contributed by atoms with Gasteiger partial charge < -0.3 is 5.32 Å². The number of nitrogens with one attached hydrogen (secondary N) is 1. The molecule has 0 saturated heterocycles. The van der Waals surface area contributed by atoms with Crippen LogP contribution in [-0.4, -0.2) is 25.9 Å². The van der Waals surface area contributed by atoms with Crippen molar-refractivity contribution < 1.29 is 13.2 Å². The molecule has 0 saturated carbocycles. The van der Waals surface area contributed by atoms with E-state index in [4.69, 9.17) is 11.6 Å². The van der Waals surface area contributed by atoms with E-state index in [9.17, 15) is 13.2 Å². The monoisotopic (exact) mass is 380 g/mol. The second kappa shape index (κ2) is 8.97. The molecule has 0 aliphatic rings. The van der Waals surface area contributed by atoms with Gasteiger partial charge in [0.05, 0.1) is 4.90 Å². The second-order valence-corrected chi connectivity index (χ2v) is 8.25. The predicted molar refractivity (Wildman–Crippen MR) is 98.2 cm³/mol. The number of carbonyl (C=O) groups is 1. The number of rotatable bonds is 8. The van der Waals surface area contributed by atoms with E-state index < -0.39 is 15.1 Å². The molecule has 1 atom stereocenters. The smallest absolute Gasteiger partial charge is 0.220 e. The van der Waals surface area contributed by atoms with Crippen LogP contribution in [0.4, 0.5) is 0 Å². The zero-order valence-electron chi connectivity index (χ0n) is 14.0. The molecule has 0 aliphatic carbocycles. The third-order valence-corrected chi connectivity index (χ3v) is 6.18. The van der Waals surface area contributed by atoms with E-state index in [1.165, 1.54) is 30.5 Å². The molecule has 0 fully saturated rings. The predicted octanol–water partition coefficient (Wildman–Crippen LogP) is 3.56. The standard InChI is InChI=1S/C18H21ClN2O3S/c1-2-3-6-18(22)21-13-17(14-5-4-11-20-12-14)25(23,24)16-9-7-15(19)8-10-16/h4-5,7-12,17H,2-3,6,13H2,1H3,(H,21,22)/t17-/m0/s1. The van der Waals surface area contributed by atoms with Crippen LogP contribution in [0.3, 0.4) is 0 Å². The van der Waals surface area contributed by atoms with E-state index in [2.05, 4.69) is 10.3 Å². The number of hydrogen-bond acceptors (Lipinski definition) is 4. The average molecular weight is 381 g/mol. The summed E-state index contributed by atoms with van der Waals surface area (Å²) in [6.07, 6.45) is 5.15. The molecule has 0 spiro atoms. The number of carbonyl (C=O) groups excluding carboxylic acids is 1. The molecule has 0 radical (unpaired) electrons. The molecule has 2 aromatic rings. The van der Waals surface area contributed by atoms with Crippen molar-refractivity contribution in [3.63, 3.8) is 0 Å². The van der Waals surface area contributed by atoms with Crippen LogP contribution in [0.1, 0.15) is 37.0 Å². The number of amides is 1. The van der Waals surface area contributed by atoms with Gasteiger partial charge in [0, 0.05) is 30.4 Å². The average Bonchev–Trinajstić information content (AvgIpc) is 2.61. The first-order valence-corrected chi connectivity index (χ1v) is 10.0. The van der Waals surface area contributed by atoms with E-state index in [1.54, 1.807) is 18.3 Å². The molecule has 0 unspecified atom stereocenters. The molecule has 5 nitrogen and oxygen atoms in total. The summed E-state index contributed by atoms with van der Waals surface area (Å²) in [5.41, 5.74) is 0.535. The SMILES string of the molecule is CCCCC(=O)NC[C@@H](c1cccnc1)S(=O)(=O)c1ccc(Cl)cc1. The van der Waals surface area contributed by atoms with Crippen LogP contribution in [0.15, 0.2) is 53.7 Å². The van der Waals surface area contributed by atoms with E-state index in [0.29, 0.717) is 17.0 Å². The summed E-state index contributed by atoms with van der Waals surface area (Å²) in [6, 6.07) is 9.39. The number of unbranched alkanes of at least 4 members (excludes halogenated alkanes) is 1. The Morgan fingerprint density at radius 2 is 1.96 bits per heavy atom. The fraction of sp³-hybridized carbons (Fsp3) is 0.333. The second-order valence-electron chi connectivity index (χ2n) is 5.68. The lowest BCUT2D eigenvalue weighted by Crippen LogP contribution is -2.31. The topological polar surface area (TPSA) is 76.1 Å². The number of hydrogen-bond donors (Lipinski definition) is 1. The number of benzene rings is 1. The molecule has 25 heavy (non-hydrogen) atoms. The van der Waals surface area contributed by atoms with Gasteiger partial charge in [-0.05, 0) is 42.3 Å². The first-order chi connectivity index (χ1) is 11.9. The number of sulfone groups is 1. The zero-order valence-corrected chi connectivity index (χ0v) is 15.6. The molecule has 0 bridgehead atoms. The van der Waals surface area contributed by atoms with Crippen molar-refractivity contribution in [1.82, 2.24) is 10.3 Å². The quantitative estimate of drug-likeness (QED) is 0.759. The number of nitrogens with zero attached hydrogens (tertiary/aromatic N) is 1. The van der Waals surface area contributed by atoms with Gasteiger partial charge in [-0.1, -0.05) is 31.0 Å². The largest absolute Gasteiger partial charge is 0.354 e. The lowest BCUT2D eigenvalue weighted by Gasteiger charge is -2.19. The maximum atomic E-state index is 13.0. The van der Waals surface area contributed by atoms with Crippen molar-refractivity contribution in [3.8, 4) is 0 Å². The maximum absolute atomic E-state index is 13.0. The van der Waals surface area contributed by atoms with E-state index in [-0.39, 0.29) is 17.3 Å². The van der Waals surface area contributed by atoms with Gasteiger partial charge in [-0.15, -0.1) is 0 Å². The van der Waals surface area contributed by atoms with Crippen LogP contribution in [0.5, 0.6) is 0 Å². The minimum Gasteiger partial charge on any atom is -0.354 e. The van der Waals surface area contributed by atoms with Crippen molar-refractivity contribution >= 4 is 27.3 Å². The Morgan fingerprint density at radius 1 is 1.24 bits per heavy atom. The molecule has 1 aromatic heterocycles. The summed E-state index contributed by atoms with van der Waals surface area (Å²) in [5.74, 6) is -0.151. The third-order valence-electron chi connectivity index (χ3n) is 3.81. The highest BCUT2D eigenvalue weighted by atomic mass is 35.5. The summed E-state index contributed by atoms with van der Waals surface area (Å²) in [7, 11) is -3.70. The Kier molecular flexibility index (Phi) is 6.96. The lowest BCUT2D eigenvalue weighted by molar-refractivity contribution is -0.121. The van der Waals surface area contributed by atoms with E-state index >= 15 is 0 Å². The minimum atomic E-state index is -3.70.